The van der Waals surface area contributed by atoms with Crippen LogP contribution >= 0.6 is 15.9 Å². The van der Waals surface area contributed by atoms with Crippen molar-refractivity contribution >= 4 is 32.7 Å². The minimum Gasteiger partial charge on any atom is -0.365 e. The zero-order valence-electron chi connectivity index (χ0n) is 19.7. The van der Waals surface area contributed by atoms with E-state index >= 15 is 0 Å². The Morgan fingerprint density at radius 1 is 1.11 bits per heavy atom. The van der Waals surface area contributed by atoms with Gasteiger partial charge >= 0.3 is 0 Å². The van der Waals surface area contributed by atoms with Gasteiger partial charge in [-0.1, -0.05) is 34.5 Å². The van der Waals surface area contributed by atoms with Crippen LogP contribution in [0.1, 0.15) is 60.6 Å². The van der Waals surface area contributed by atoms with E-state index in [1.807, 2.05) is 49.1 Å². The number of carbonyl (C=O) groups excluding carboxylic acids is 1. The summed E-state index contributed by atoms with van der Waals surface area (Å²) in [6, 6.07) is 11.7. The third-order valence-electron chi connectivity index (χ3n) is 7.00. The second kappa shape index (κ2) is 9.53. The van der Waals surface area contributed by atoms with Crippen LogP contribution in [-0.4, -0.2) is 22.3 Å². The van der Waals surface area contributed by atoms with Crippen LogP contribution in [-0.2, 0) is 6.54 Å². The quantitative estimate of drug-likeness (QED) is 0.382. The van der Waals surface area contributed by atoms with E-state index in [1.54, 1.807) is 6.07 Å². The number of halogens is 3. The second-order valence-corrected chi connectivity index (χ2v) is 10.2. The first-order valence-electron chi connectivity index (χ1n) is 11.8. The van der Waals surface area contributed by atoms with Gasteiger partial charge in [-0.05, 0) is 74.2 Å². The van der Waals surface area contributed by atoms with E-state index < -0.39 is 11.6 Å². The summed E-state index contributed by atoms with van der Waals surface area (Å²) in [5.74, 6) is -1.51. The SMILES string of the molecule is CC1=CCN(Cc2ccc(F)c(F)c2)C(C)=C1NC(=O)c1cc(C2CCC2)nc2ccc(Br)cc12. The van der Waals surface area contributed by atoms with Gasteiger partial charge in [-0.2, -0.15) is 0 Å². The largest absolute Gasteiger partial charge is 0.365 e. The summed E-state index contributed by atoms with van der Waals surface area (Å²) < 4.78 is 28.0. The summed E-state index contributed by atoms with van der Waals surface area (Å²) in [4.78, 5) is 20.5. The molecule has 5 rings (SSSR count). The Morgan fingerprint density at radius 2 is 1.91 bits per heavy atom. The molecule has 1 amide bonds. The van der Waals surface area contributed by atoms with Crippen LogP contribution in [0.25, 0.3) is 10.9 Å². The molecular formula is C28H26BrF2N3O. The standard InChI is InChI=1S/C28H26BrF2N3O/c1-16-10-11-34(15-18-6-8-23(30)24(31)12-18)17(2)27(16)33-28(35)22-14-26(19-4-3-5-19)32-25-9-7-20(29)13-21(22)25/h6-10,12-14,19H,3-5,11,15H2,1-2H3,(H,33,35). The maximum absolute atomic E-state index is 13.7. The van der Waals surface area contributed by atoms with Crippen molar-refractivity contribution in [3.8, 4) is 0 Å². The number of benzene rings is 2. The molecule has 1 aromatic heterocycles. The Bertz CT molecular complexity index is 1390. The number of carbonyl (C=O) groups is 1. The molecule has 4 nitrogen and oxygen atoms in total. The van der Waals surface area contributed by atoms with Gasteiger partial charge in [0, 0.05) is 40.3 Å². The van der Waals surface area contributed by atoms with Crippen molar-refractivity contribution in [3.63, 3.8) is 0 Å². The lowest BCUT2D eigenvalue weighted by molar-refractivity contribution is 0.0966. The van der Waals surface area contributed by atoms with E-state index in [1.165, 1.54) is 12.5 Å². The van der Waals surface area contributed by atoms with Crippen LogP contribution in [0.15, 0.2) is 70.0 Å². The van der Waals surface area contributed by atoms with Crippen LogP contribution in [0, 0.1) is 11.6 Å². The zero-order valence-corrected chi connectivity index (χ0v) is 21.3. The molecule has 0 radical (unpaired) electrons. The average molecular weight is 538 g/mol. The lowest BCUT2D eigenvalue weighted by atomic mass is 9.82. The van der Waals surface area contributed by atoms with Gasteiger partial charge in [0.1, 0.15) is 0 Å². The molecule has 1 aliphatic heterocycles. The summed E-state index contributed by atoms with van der Waals surface area (Å²) in [7, 11) is 0. The van der Waals surface area contributed by atoms with Crippen molar-refractivity contribution in [2.45, 2.75) is 45.6 Å². The minimum atomic E-state index is -0.862. The van der Waals surface area contributed by atoms with Crippen molar-refractivity contribution in [3.05, 3.63) is 98.4 Å². The van der Waals surface area contributed by atoms with Crippen LogP contribution in [0.5, 0.6) is 0 Å². The molecule has 7 heteroatoms. The number of allylic oxidation sites excluding steroid dienone is 2. The summed E-state index contributed by atoms with van der Waals surface area (Å²) in [5, 5.41) is 3.94. The Hall–Kier alpha value is -3.06. The summed E-state index contributed by atoms with van der Waals surface area (Å²) in [6.07, 6.45) is 5.42. The first kappa shape index (κ1) is 23.7. The Morgan fingerprint density at radius 3 is 2.63 bits per heavy atom. The highest BCUT2D eigenvalue weighted by atomic mass is 79.9. The van der Waals surface area contributed by atoms with E-state index in [2.05, 4.69) is 21.2 Å². The number of pyridine rings is 1. The van der Waals surface area contributed by atoms with E-state index in [9.17, 15) is 13.6 Å². The van der Waals surface area contributed by atoms with Crippen molar-refractivity contribution in [2.75, 3.05) is 6.54 Å². The molecule has 1 aliphatic carbocycles. The van der Waals surface area contributed by atoms with Crippen LogP contribution in [0.3, 0.4) is 0 Å². The predicted molar refractivity (Wildman–Crippen MR) is 137 cm³/mol. The fraction of sp³-hybridized carbons (Fsp3) is 0.286. The van der Waals surface area contributed by atoms with Gasteiger partial charge in [0.05, 0.1) is 16.8 Å². The highest BCUT2D eigenvalue weighted by Gasteiger charge is 2.25. The zero-order chi connectivity index (χ0) is 24.7. The topological polar surface area (TPSA) is 45.2 Å². The van der Waals surface area contributed by atoms with Gasteiger partial charge in [-0.25, -0.2) is 8.78 Å². The molecule has 0 spiro atoms. The third-order valence-corrected chi connectivity index (χ3v) is 7.50. The lowest BCUT2D eigenvalue weighted by Crippen LogP contribution is -2.33. The number of aromatic nitrogens is 1. The molecule has 1 fully saturated rings. The maximum atomic E-state index is 13.7. The lowest BCUT2D eigenvalue weighted by Gasteiger charge is -2.31. The number of hydrogen-bond donors (Lipinski definition) is 1. The van der Waals surface area contributed by atoms with Gasteiger partial charge in [0.2, 0.25) is 0 Å². The molecule has 1 saturated carbocycles. The minimum absolute atomic E-state index is 0.187. The molecule has 2 aromatic carbocycles. The molecule has 3 aromatic rings. The van der Waals surface area contributed by atoms with E-state index in [0.29, 0.717) is 30.1 Å². The van der Waals surface area contributed by atoms with Crippen molar-refractivity contribution in [2.24, 2.45) is 0 Å². The molecule has 35 heavy (non-hydrogen) atoms. The fourth-order valence-electron chi connectivity index (χ4n) is 4.66. The summed E-state index contributed by atoms with van der Waals surface area (Å²) >= 11 is 3.52. The fourth-order valence-corrected chi connectivity index (χ4v) is 5.02. The highest BCUT2D eigenvalue weighted by Crippen LogP contribution is 2.37. The molecule has 1 N–H and O–H groups in total. The third kappa shape index (κ3) is 4.74. The first-order chi connectivity index (χ1) is 16.8. The van der Waals surface area contributed by atoms with Crippen LogP contribution in [0.2, 0.25) is 0 Å². The number of hydrogen-bond acceptors (Lipinski definition) is 3. The molecule has 180 valence electrons. The van der Waals surface area contributed by atoms with E-state index in [0.717, 1.165) is 56.9 Å². The smallest absolute Gasteiger partial charge is 0.256 e. The highest BCUT2D eigenvalue weighted by molar-refractivity contribution is 9.10. The van der Waals surface area contributed by atoms with Crippen molar-refractivity contribution in [1.82, 2.24) is 15.2 Å². The summed E-state index contributed by atoms with van der Waals surface area (Å²) in [5.41, 5.74) is 5.62. The number of rotatable bonds is 5. The molecule has 2 heterocycles. The number of fused-ring (bicyclic) bond motifs is 1. The second-order valence-electron chi connectivity index (χ2n) is 9.31. The molecule has 2 aliphatic rings. The van der Waals surface area contributed by atoms with E-state index in [4.69, 9.17) is 4.98 Å². The number of nitrogens with one attached hydrogen (secondary N) is 1. The Labute approximate surface area is 211 Å². The molecule has 0 bridgehead atoms. The van der Waals surface area contributed by atoms with Gasteiger partial charge < -0.3 is 10.2 Å². The van der Waals surface area contributed by atoms with Gasteiger partial charge in [-0.3, -0.25) is 9.78 Å². The Kier molecular flexibility index (Phi) is 6.45. The Balaban J connectivity index is 1.46. The number of nitrogens with zero attached hydrogens (tertiary/aromatic N) is 2. The van der Waals surface area contributed by atoms with Gasteiger partial charge in [0.25, 0.3) is 5.91 Å². The van der Waals surface area contributed by atoms with Crippen molar-refractivity contribution < 1.29 is 13.6 Å². The molecule has 0 saturated heterocycles. The van der Waals surface area contributed by atoms with Crippen LogP contribution in [0.4, 0.5) is 8.78 Å². The predicted octanol–water partition coefficient (Wildman–Crippen LogP) is 6.97. The monoisotopic (exact) mass is 537 g/mol. The summed E-state index contributed by atoms with van der Waals surface area (Å²) in [6.45, 7) is 4.93. The molecular weight excluding hydrogens is 512 g/mol. The first-order valence-corrected chi connectivity index (χ1v) is 12.6. The van der Waals surface area contributed by atoms with Crippen LogP contribution < -0.4 is 5.32 Å². The molecule has 0 unspecified atom stereocenters. The van der Waals surface area contributed by atoms with Crippen molar-refractivity contribution in [1.29, 1.82) is 0 Å². The van der Waals surface area contributed by atoms with E-state index in [-0.39, 0.29) is 5.91 Å². The number of amides is 1. The molecule has 0 atom stereocenters. The van der Waals surface area contributed by atoms with Gasteiger partial charge in [-0.15, -0.1) is 0 Å². The maximum Gasteiger partial charge on any atom is 0.256 e. The van der Waals surface area contributed by atoms with Gasteiger partial charge in [0.15, 0.2) is 11.6 Å². The normalized spacial score (nSPS) is 16.4. The average Bonchev–Trinajstić information content (AvgIpc) is 2.79.